The number of rotatable bonds is 3. The third-order valence-electron chi connectivity index (χ3n) is 2.06. The molecule has 5 heteroatoms. The third-order valence-corrected chi connectivity index (χ3v) is 2.06. The summed E-state index contributed by atoms with van der Waals surface area (Å²) in [5.74, 6) is 0.314. The second-order valence-corrected chi connectivity index (χ2v) is 2.95. The zero-order valence-electron chi connectivity index (χ0n) is 7.12. The molecule has 0 unspecified atom stereocenters. The standard InChI is InChI=1S/C7H15N3O2/c8-7(9-11)1-2-10-3-5-12-6-4-10/h11H,1-6H2,(H2,8,9)/p+1. The number of nitrogens with zero attached hydrogens (tertiary/aromatic N) is 1. The summed E-state index contributed by atoms with van der Waals surface area (Å²) in [5.41, 5.74) is 5.35. The minimum Gasteiger partial charge on any atom is -0.409 e. The molecule has 0 amide bonds. The highest BCUT2D eigenvalue weighted by atomic mass is 16.5. The van der Waals surface area contributed by atoms with Crippen LogP contribution in [0, 0.1) is 0 Å². The number of ether oxygens (including phenoxy) is 1. The van der Waals surface area contributed by atoms with E-state index in [9.17, 15) is 0 Å². The molecule has 0 aromatic heterocycles. The van der Waals surface area contributed by atoms with E-state index in [0.717, 1.165) is 32.8 Å². The minimum atomic E-state index is 0.314. The summed E-state index contributed by atoms with van der Waals surface area (Å²) in [7, 11) is 0. The Morgan fingerprint density at radius 2 is 2.17 bits per heavy atom. The Labute approximate surface area is 71.8 Å². The highest BCUT2D eigenvalue weighted by molar-refractivity contribution is 5.79. The molecule has 1 saturated heterocycles. The molecule has 0 saturated carbocycles. The number of nitrogens with two attached hydrogens (primary N) is 1. The fraction of sp³-hybridized carbons (Fsp3) is 0.857. The van der Waals surface area contributed by atoms with Crippen LogP contribution in [0.4, 0.5) is 0 Å². The highest BCUT2D eigenvalue weighted by Crippen LogP contribution is 1.78. The van der Waals surface area contributed by atoms with Crippen LogP contribution >= 0.6 is 0 Å². The molecule has 1 rings (SSSR count). The van der Waals surface area contributed by atoms with Crippen LogP contribution in [0.2, 0.25) is 0 Å². The summed E-state index contributed by atoms with van der Waals surface area (Å²) >= 11 is 0. The Hall–Kier alpha value is -0.810. The number of quaternary nitrogens is 1. The van der Waals surface area contributed by atoms with E-state index in [4.69, 9.17) is 15.7 Å². The molecule has 0 bridgehead atoms. The third kappa shape index (κ3) is 3.06. The summed E-state index contributed by atoms with van der Waals surface area (Å²) in [6.07, 6.45) is 0.659. The summed E-state index contributed by atoms with van der Waals surface area (Å²) in [5, 5.41) is 11.2. The number of nitrogens with one attached hydrogen (secondary N) is 1. The average Bonchev–Trinajstić information content (AvgIpc) is 2.16. The van der Waals surface area contributed by atoms with Gasteiger partial charge in [0.15, 0.2) is 0 Å². The van der Waals surface area contributed by atoms with Crippen molar-refractivity contribution in [3.05, 3.63) is 0 Å². The molecule has 0 aromatic rings. The quantitative estimate of drug-likeness (QED) is 0.201. The van der Waals surface area contributed by atoms with Gasteiger partial charge in [-0.25, -0.2) is 0 Å². The summed E-state index contributed by atoms with van der Waals surface area (Å²) < 4.78 is 5.20. The smallest absolute Gasteiger partial charge is 0.144 e. The van der Waals surface area contributed by atoms with Crippen LogP contribution in [0.15, 0.2) is 5.16 Å². The first-order valence-corrected chi connectivity index (χ1v) is 4.20. The normalized spacial score (nSPS) is 21.2. The van der Waals surface area contributed by atoms with Crippen LogP contribution in [0.5, 0.6) is 0 Å². The number of amidine groups is 1. The van der Waals surface area contributed by atoms with E-state index >= 15 is 0 Å². The average molecular weight is 174 g/mol. The van der Waals surface area contributed by atoms with Crippen LogP contribution in [-0.4, -0.2) is 43.9 Å². The lowest BCUT2D eigenvalue weighted by molar-refractivity contribution is -0.907. The largest absolute Gasteiger partial charge is 0.409 e. The molecule has 4 N–H and O–H groups in total. The maximum Gasteiger partial charge on any atom is 0.144 e. The molecule has 1 aliphatic heterocycles. The number of hydrogen-bond donors (Lipinski definition) is 3. The van der Waals surface area contributed by atoms with E-state index in [-0.39, 0.29) is 0 Å². The highest BCUT2D eigenvalue weighted by Gasteiger charge is 2.13. The van der Waals surface area contributed by atoms with Crippen molar-refractivity contribution in [2.45, 2.75) is 6.42 Å². The van der Waals surface area contributed by atoms with Crippen LogP contribution in [0.1, 0.15) is 6.42 Å². The van der Waals surface area contributed by atoms with Crippen molar-refractivity contribution >= 4 is 5.84 Å². The van der Waals surface area contributed by atoms with Gasteiger partial charge in [-0.3, -0.25) is 0 Å². The van der Waals surface area contributed by atoms with Crippen molar-refractivity contribution in [2.24, 2.45) is 10.9 Å². The number of morpholine rings is 1. The van der Waals surface area contributed by atoms with Crippen LogP contribution in [-0.2, 0) is 4.74 Å². The van der Waals surface area contributed by atoms with Crippen molar-refractivity contribution in [3.8, 4) is 0 Å². The van der Waals surface area contributed by atoms with Gasteiger partial charge < -0.3 is 20.6 Å². The molecule has 1 fully saturated rings. The van der Waals surface area contributed by atoms with Crippen LogP contribution in [0.3, 0.4) is 0 Å². The summed E-state index contributed by atoms with van der Waals surface area (Å²) in [6, 6.07) is 0. The Bertz CT molecular complexity index is 155. The van der Waals surface area contributed by atoms with Crippen molar-refractivity contribution in [2.75, 3.05) is 32.8 Å². The van der Waals surface area contributed by atoms with Gasteiger partial charge in [-0.1, -0.05) is 5.16 Å². The molecule has 0 aliphatic carbocycles. The fourth-order valence-electron chi connectivity index (χ4n) is 1.26. The molecule has 0 radical (unpaired) electrons. The zero-order valence-corrected chi connectivity index (χ0v) is 7.12. The summed E-state index contributed by atoms with van der Waals surface area (Å²) in [6.45, 7) is 4.63. The molecule has 0 aromatic carbocycles. The van der Waals surface area contributed by atoms with Gasteiger partial charge in [-0.2, -0.15) is 0 Å². The maximum atomic E-state index is 8.29. The van der Waals surface area contributed by atoms with E-state index < -0.39 is 0 Å². The topological polar surface area (TPSA) is 72.3 Å². The second-order valence-electron chi connectivity index (χ2n) is 2.95. The second kappa shape index (κ2) is 4.95. The zero-order chi connectivity index (χ0) is 8.81. The number of hydrogen-bond acceptors (Lipinski definition) is 3. The van der Waals surface area contributed by atoms with Gasteiger partial charge in [-0.05, 0) is 0 Å². The summed E-state index contributed by atoms with van der Waals surface area (Å²) in [4.78, 5) is 1.47. The maximum absolute atomic E-state index is 8.29. The lowest BCUT2D eigenvalue weighted by Gasteiger charge is -2.23. The van der Waals surface area contributed by atoms with Crippen molar-refractivity contribution in [1.29, 1.82) is 0 Å². The predicted molar refractivity (Wildman–Crippen MR) is 44.4 cm³/mol. The van der Waals surface area contributed by atoms with E-state index in [1.54, 1.807) is 0 Å². The molecule has 70 valence electrons. The fourth-order valence-corrected chi connectivity index (χ4v) is 1.26. The molecule has 0 spiro atoms. The Morgan fingerprint density at radius 1 is 1.50 bits per heavy atom. The van der Waals surface area contributed by atoms with E-state index in [1.807, 2.05) is 0 Å². The first-order chi connectivity index (χ1) is 5.83. The SMILES string of the molecule is NC(CC[NH+]1CCOCC1)=NO. The van der Waals surface area contributed by atoms with Gasteiger partial charge in [0.05, 0.1) is 26.2 Å². The minimum absolute atomic E-state index is 0.314. The predicted octanol–water partition coefficient (Wildman–Crippen LogP) is -1.96. The molecule has 1 aliphatic rings. The van der Waals surface area contributed by atoms with Gasteiger partial charge in [0.2, 0.25) is 0 Å². The molecule has 0 atom stereocenters. The monoisotopic (exact) mass is 174 g/mol. The molecule has 5 nitrogen and oxygen atoms in total. The lowest BCUT2D eigenvalue weighted by atomic mass is 10.3. The number of oxime groups is 1. The van der Waals surface area contributed by atoms with Crippen molar-refractivity contribution in [3.63, 3.8) is 0 Å². The first-order valence-electron chi connectivity index (χ1n) is 4.20. The van der Waals surface area contributed by atoms with Gasteiger partial charge >= 0.3 is 0 Å². The van der Waals surface area contributed by atoms with Gasteiger partial charge in [0, 0.05) is 0 Å². The molecule has 1 heterocycles. The van der Waals surface area contributed by atoms with E-state index in [1.165, 1.54) is 4.90 Å². The molecule has 12 heavy (non-hydrogen) atoms. The Balaban J connectivity index is 2.13. The first kappa shape index (κ1) is 9.28. The van der Waals surface area contributed by atoms with Crippen molar-refractivity contribution in [1.82, 2.24) is 0 Å². The van der Waals surface area contributed by atoms with Crippen LogP contribution in [0.25, 0.3) is 0 Å². The Kier molecular flexibility index (Phi) is 3.83. The molecular weight excluding hydrogens is 158 g/mol. The van der Waals surface area contributed by atoms with E-state index in [0.29, 0.717) is 12.3 Å². The van der Waals surface area contributed by atoms with Gasteiger partial charge in [-0.15, -0.1) is 0 Å². The Morgan fingerprint density at radius 3 is 2.75 bits per heavy atom. The lowest BCUT2D eigenvalue weighted by Crippen LogP contribution is -3.14. The molecular formula is C7H16N3O2+. The van der Waals surface area contributed by atoms with Crippen LogP contribution < -0.4 is 10.6 Å². The van der Waals surface area contributed by atoms with E-state index in [2.05, 4.69) is 5.16 Å². The van der Waals surface area contributed by atoms with Crippen molar-refractivity contribution < 1.29 is 14.8 Å². The van der Waals surface area contributed by atoms with Gasteiger partial charge in [0.25, 0.3) is 0 Å². The van der Waals surface area contributed by atoms with Gasteiger partial charge in [0.1, 0.15) is 18.9 Å².